The Bertz CT molecular complexity index is 442. The fraction of sp³-hybridized carbons (Fsp3) is 0.533. The van der Waals surface area contributed by atoms with Crippen LogP contribution in [0.5, 0.6) is 0 Å². The van der Waals surface area contributed by atoms with Gasteiger partial charge in [0.15, 0.2) is 0 Å². The minimum Gasteiger partial charge on any atom is -0.372 e. The van der Waals surface area contributed by atoms with Crippen molar-refractivity contribution in [3.8, 4) is 0 Å². The molecule has 0 bridgehead atoms. The van der Waals surface area contributed by atoms with Crippen molar-refractivity contribution < 1.29 is 4.79 Å². The first kappa shape index (κ1) is 14.2. The van der Waals surface area contributed by atoms with Gasteiger partial charge in [-0.3, -0.25) is 4.79 Å². The Balaban J connectivity index is 2.07. The van der Waals surface area contributed by atoms with Crippen LogP contribution in [-0.4, -0.2) is 24.4 Å². The van der Waals surface area contributed by atoms with Crippen molar-refractivity contribution in [2.45, 2.75) is 38.1 Å². The van der Waals surface area contributed by atoms with Gasteiger partial charge in [0.05, 0.1) is 6.04 Å². The van der Waals surface area contributed by atoms with E-state index in [1.807, 2.05) is 13.0 Å². The Labute approximate surface area is 119 Å². The lowest BCUT2D eigenvalue weighted by atomic mass is 10.1. The fourth-order valence-corrected chi connectivity index (χ4v) is 2.44. The Morgan fingerprint density at radius 1 is 1.32 bits per heavy atom. The zero-order valence-electron chi connectivity index (χ0n) is 11.5. The minimum absolute atomic E-state index is 0.0174. The summed E-state index contributed by atoms with van der Waals surface area (Å²) in [5, 5.41) is 2.43. The van der Waals surface area contributed by atoms with Crippen molar-refractivity contribution in [1.82, 2.24) is 5.32 Å². The summed E-state index contributed by atoms with van der Waals surface area (Å²) in [6.45, 7) is 5.93. The largest absolute Gasteiger partial charge is 0.372 e. The SMILES string of the molecule is CC(Cl)C(=O)NC(C)c1cccc(N2CCCC2)c1. The predicted octanol–water partition coefficient (Wildman–Crippen LogP) is 3.09. The van der Waals surface area contributed by atoms with Gasteiger partial charge in [-0.2, -0.15) is 0 Å². The molecule has 2 atom stereocenters. The number of hydrogen-bond donors (Lipinski definition) is 1. The molecule has 104 valence electrons. The van der Waals surface area contributed by atoms with E-state index < -0.39 is 5.38 Å². The van der Waals surface area contributed by atoms with Gasteiger partial charge in [0.25, 0.3) is 0 Å². The zero-order valence-corrected chi connectivity index (χ0v) is 12.3. The number of nitrogens with one attached hydrogen (secondary N) is 1. The summed E-state index contributed by atoms with van der Waals surface area (Å²) in [6, 6.07) is 8.37. The van der Waals surface area contributed by atoms with Crippen LogP contribution < -0.4 is 10.2 Å². The number of carbonyl (C=O) groups is 1. The number of hydrogen-bond acceptors (Lipinski definition) is 2. The van der Waals surface area contributed by atoms with Crippen LogP contribution in [0.3, 0.4) is 0 Å². The first-order chi connectivity index (χ1) is 9.08. The normalized spacial score (nSPS) is 18.2. The highest BCUT2D eigenvalue weighted by Gasteiger charge is 2.16. The second-order valence-corrected chi connectivity index (χ2v) is 5.79. The third kappa shape index (κ3) is 3.63. The molecule has 1 aliphatic rings. The monoisotopic (exact) mass is 280 g/mol. The molecule has 1 aliphatic heterocycles. The zero-order chi connectivity index (χ0) is 13.8. The van der Waals surface area contributed by atoms with E-state index in [2.05, 4.69) is 28.4 Å². The maximum absolute atomic E-state index is 11.6. The van der Waals surface area contributed by atoms with Crippen molar-refractivity contribution in [2.24, 2.45) is 0 Å². The van der Waals surface area contributed by atoms with Crippen molar-refractivity contribution in [3.05, 3.63) is 29.8 Å². The molecular weight excluding hydrogens is 260 g/mol. The average Bonchev–Trinajstić information content (AvgIpc) is 2.92. The lowest BCUT2D eigenvalue weighted by Gasteiger charge is -2.21. The molecule has 1 saturated heterocycles. The van der Waals surface area contributed by atoms with Crippen LogP contribution in [0, 0.1) is 0 Å². The van der Waals surface area contributed by atoms with Crippen LogP contribution in [0.2, 0.25) is 0 Å². The van der Waals surface area contributed by atoms with Crippen LogP contribution in [0.25, 0.3) is 0 Å². The summed E-state index contributed by atoms with van der Waals surface area (Å²) in [7, 11) is 0. The molecule has 4 heteroatoms. The van der Waals surface area contributed by atoms with Gasteiger partial charge in [0.2, 0.25) is 5.91 Å². The highest BCUT2D eigenvalue weighted by Crippen LogP contribution is 2.24. The van der Waals surface area contributed by atoms with Crippen LogP contribution in [0.15, 0.2) is 24.3 Å². The summed E-state index contributed by atoms with van der Waals surface area (Å²) in [5.74, 6) is -0.124. The number of halogens is 1. The number of nitrogens with zero attached hydrogens (tertiary/aromatic N) is 1. The highest BCUT2D eigenvalue weighted by atomic mass is 35.5. The molecule has 0 spiro atoms. The number of benzene rings is 1. The Kier molecular flexibility index (Phi) is 4.70. The topological polar surface area (TPSA) is 32.3 Å². The molecule has 2 unspecified atom stereocenters. The van der Waals surface area contributed by atoms with Gasteiger partial charge in [-0.05, 0) is 44.4 Å². The Morgan fingerprint density at radius 2 is 2.00 bits per heavy atom. The molecule has 19 heavy (non-hydrogen) atoms. The number of rotatable bonds is 4. The summed E-state index contributed by atoms with van der Waals surface area (Å²) < 4.78 is 0. The Morgan fingerprint density at radius 3 is 2.63 bits per heavy atom. The molecule has 1 N–H and O–H groups in total. The van der Waals surface area contributed by atoms with E-state index in [1.165, 1.54) is 18.5 Å². The molecule has 1 amide bonds. The maximum atomic E-state index is 11.6. The molecule has 0 aliphatic carbocycles. The summed E-state index contributed by atoms with van der Waals surface area (Å²) in [4.78, 5) is 14.0. The van der Waals surface area contributed by atoms with E-state index in [0.29, 0.717) is 0 Å². The van der Waals surface area contributed by atoms with Crippen molar-refractivity contribution in [2.75, 3.05) is 18.0 Å². The summed E-state index contributed by atoms with van der Waals surface area (Å²) in [6.07, 6.45) is 2.53. The van der Waals surface area contributed by atoms with E-state index in [-0.39, 0.29) is 11.9 Å². The second kappa shape index (κ2) is 6.29. The van der Waals surface area contributed by atoms with E-state index >= 15 is 0 Å². The number of anilines is 1. The van der Waals surface area contributed by atoms with Gasteiger partial charge >= 0.3 is 0 Å². The van der Waals surface area contributed by atoms with Crippen molar-refractivity contribution >= 4 is 23.2 Å². The fourth-order valence-electron chi connectivity index (χ4n) is 2.38. The van der Waals surface area contributed by atoms with Gasteiger partial charge in [-0.15, -0.1) is 11.6 Å². The molecule has 1 heterocycles. The molecule has 1 aromatic carbocycles. The van der Waals surface area contributed by atoms with E-state index in [0.717, 1.165) is 18.7 Å². The standard InChI is InChI=1S/C15H21ClN2O/c1-11(16)15(19)17-12(2)13-6-5-7-14(10-13)18-8-3-4-9-18/h5-7,10-12H,3-4,8-9H2,1-2H3,(H,17,19). The van der Waals surface area contributed by atoms with Gasteiger partial charge in [0.1, 0.15) is 5.38 Å². The summed E-state index contributed by atoms with van der Waals surface area (Å²) in [5.41, 5.74) is 2.37. The highest BCUT2D eigenvalue weighted by molar-refractivity contribution is 6.30. The molecule has 0 aromatic heterocycles. The third-order valence-electron chi connectivity index (χ3n) is 3.56. The molecule has 1 aromatic rings. The van der Waals surface area contributed by atoms with E-state index in [1.54, 1.807) is 6.92 Å². The number of amides is 1. The van der Waals surface area contributed by atoms with E-state index in [4.69, 9.17) is 11.6 Å². The smallest absolute Gasteiger partial charge is 0.238 e. The lowest BCUT2D eigenvalue weighted by molar-refractivity contribution is -0.121. The van der Waals surface area contributed by atoms with Gasteiger partial charge in [0, 0.05) is 18.8 Å². The van der Waals surface area contributed by atoms with Crippen LogP contribution in [0.4, 0.5) is 5.69 Å². The van der Waals surface area contributed by atoms with Crippen LogP contribution in [0.1, 0.15) is 38.3 Å². The summed E-state index contributed by atoms with van der Waals surface area (Å²) >= 11 is 5.77. The average molecular weight is 281 g/mol. The Hall–Kier alpha value is -1.22. The molecular formula is C15H21ClN2O. The maximum Gasteiger partial charge on any atom is 0.238 e. The quantitative estimate of drug-likeness (QED) is 0.860. The van der Waals surface area contributed by atoms with Gasteiger partial charge in [-0.25, -0.2) is 0 Å². The number of carbonyl (C=O) groups excluding carboxylic acids is 1. The molecule has 0 radical (unpaired) electrons. The second-order valence-electron chi connectivity index (χ2n) is 5.14. The predicted molar refractivity (Wildman–Crippen MR) is 79.8 cm³/mol. The third-order valence-corrected chi connectivity index (χ3v) is 3.76. The van der Waals surface area contributed by atoms with Crippen LogP contribution in [-0.2, 0) is 4.79 Å². The first-order valence-corrected chi connectivity index (χ1v) is 7.31. The van der Waals surface area contributed by atoms with E-state index in [9.17, 15) is 4.79 Å². The van der Waals surface area contributed by atoms with Crippen molar-refractivity contribution in [3.63, 3.8) is 0 Å². The molecule has 0 saturated carbocycles. The van der Waals surface area contributed by atoms with Crippen molar-refractivity contribution in [1.29, 1.82) is 0 Å². The molecule has 3 nitrogen and oxygen atoms in total. The van der Waals surface area contributed by atoms with Crippen LogP contribution >= 0.6 is 11.6 Å². The molecule has 1 fully saturated rings. The molecule has 2 rings (SSSR count). The minimum atomic E-state index is -0.496. The van der Waals surface area contributed by atoms with Gasteiger partial charge < -0.3 is 10.2 Å². The van der Waals surface area contributed by atoms with Gasteiger partial charge in [-0.1, -0.05) is 12.1 Å². The number of alkyl halides is 1. The first-order valence-electron chi connectivity index (χ1n) is 6.87. The lowest BCUT2D eigenvalue weighted by Crippen LogP contribution is -2.32.